The van der Waals surface area contributed by atoms with Gasteiger partial charge in [0.1, 0.15) is 17.4 Å². The topological polar surface area (TPSA) is 94.4 Å². The summed E-state index contributed by atoms with van der Waals surface area (Å²) in [4.78, 5) is 11.8. The number of anilines is 1. The predicted octanol–water partition coefficient (Wildman–Crippen LogP) is 0.974. The van der Waals surface area contributed by atoms with Crippen LogP contribution in [0.1, 0.15) is 0 Å². The minimum Gasteiger partial charge on any atom is -0.508 e. The van der Waals surface area contributed by atoms with E-state index in [1.807, 2.05) is 0 Å². The average Bonchev–Trinajstić information content (AvgIpc) is 2.41. The van der Waals surface area contributed by atoms with E-state index in [1.54, 1.807) is 25.3 Å². The molecule has 0 saturated carbocycles. The Morgan fingerprint density at radius 2 is 2.16 bits per heavy atom. The highest BCUT2D eigenvalue weighted by molar-refractivity contribution is 6.06. The highest BCUT2D eigenvalue weighted by Crippen LogP contribution is 2.14. The lowest BCUT2D eigenvalue weighted by molar-refractivity contribution is -0.112. The molecule has 0 aromatic heterocycles. The maximum atomic E-state index is 11.8. The zero-order valence-electron chi connectivity index (χ0n) is 10.5. The van der Waals surface area contributed by atoms with E-state index in [4.69, 9.17) is 15.1 Å². The second kappa shape index (κ2) is 7.74. The molecule has 0 unspecified atom stereocenters. The number of phenols is 1. The van der Waals surface area contributed by atoms with Gasteiger partial charge in [0.2, 0.25) is 0 Å². The molecule has 0 radical (unpaired) electrons. The van der Waals surface area contributed by atoms with Gasteiger partial charge in [0.25, 0.3) is 5.91 Å². The number of rotatable bonds is 6. The fourth-order valence-corrected chi connectivity index (χ4v) is 1.23. The number of carbonyl (C=O) groups is 1. The highest BCUT2D eigenvalue weighted by atomic mass is 16.5. The third kappa shape index (κ3) is 5.10. The van der Waals surface area contributed by atoms with Crippen molar-refractivity contribution >= 4 is 11.6 Å². The van der Waals surface area contributed by atoms with Crippen LogP contribution in [0.2, 0.25) is 0 Å². The van der Waals surface area contributed by atoms with E-state index >= 15 is 0 Å². The summed E-state index contributed by atoms with van der Waals surface area (Å²) in [6, 6.07) is 7.78. The standard InChI is InChI=1S/C13H15N3O3/c1-19-7-6-15-9-10(8-14)13(18)16-11-2-4-12(17)5-3-11/h2-5,9,15,17H,6-7H2,1H3,(H,16,18)/b10-9-. The van der Waals surface area contributed by atoms with Crippen LogP contribution in [0.5, 0.6) is 5.75 Å². The Labute approximate surface area is 111 Å². The number of phenolic OH excluding ortho intramolecular Hbond substituents is 1. The molecule has 3 N–H and O–H groups in total. The maximum absolute atomic E-state index is 11.8. The molecule has 6 nitrogen and oxygen atoms in total. The molecule has 0 aliphatic heterocycles. The lowest BCUT2D eigenvalue weighted by Gasteiger charge is -2.05. The second-order valence-corrected chi connectivity index (χ2v) is 3.62. The molecule has 100 valence electrons. The molecular formula is C13H15N3O3. The summed E-state index contributed by atoms with van der Waals surface area (Å²) < 4.78 is 4.83. The summed E-state index contributed by atoms with van der Waals surface area (Å²) in [5.74, 6) is -0.409. The molecule has 0 fully saturated rings. The van der Waals surface area contributed by atoms with Crippen LogP contribution in [0, 0.1) is 11.3 Å². The third-order valence-corrected chi connectivity index (χ3v) is 2.19. The number of hydrogen-bond donors (Lipinski definition) is 3. The van der Waals surface area contributed by atoms with Crippen molar-refractivity contribution in [2.24, 2.45) is 0 Å². The van der Waals surface area contributed by atoms with E-state index in [2.05, 4.69) is 10.6 Å². The Morgan fingerprint density at radius 3 is 2.74 bits per heavy atom. The first-order valence-corrected chi connectivity index (χ1v) is 5.60. The van der Waals surface area contributed by atoms with Crippen molar-refractivity contribution in [2.75, 3.05) is 25.6 Å². The highest BCUT2D eigenvalue weighted by Gasteiger charge is 2.08. The summed E-state index contributed by atoms with van der Waals surface area (Å²) in [5.41, 5.74) is 0.463. The number of hydrogen-bond acceptors (Lipinski definition) is 5. The van der Waals surface area contributed by atoms with Crippen LogP contribution in [0.3, 0.4) is 0 Å². The molecule has 0 bridgehead atoms. The number of nitriles is 1. The zero-order chi connectivity index (χ0) is 14.1. The van der Waals surface area contributed by atoms with Crippen LogP contribution in [0.4, 0.5) is 5.69 Å². The van der Waals surface area contributed by atoms with Crippen LogP contribution in [0.15, 0.2) is 36.0 Å². The van der Waals surface area contributed by atoms with Gasteiger partial charge in [-0.05, 0) is 24.3 Å². The Kier molecular flexibility index (Phi) is 5.92. The SMILES string of the molecule is COCCN/C=C(/C#N)C(=O)Nc1ccc(O)cc1. The van der Waals surface area contributed by atoms with Crippen molar-refractivity contribution < 1.29 is 14.6 Å². The summed E-state index contributed by atoms with van der Waals surface area (Å²) >= 11 is 0. The number of nitrogens with one attached hydrogen (secondary N) is 2. The summed E-state index contributed by atoms with van der Waals surface area (Å²) in [6.45, 7) is 0.989. The minimum atomic E-state index is -0.516. The summed E-state index contributed by atoms with van der Waals surface area (Å²) in [7, 11) is 1.56. The van der Waals surface area contributed by atoms with Crippen LogP contribution in [-0.2, 0) is 9.53 Å². The van der Waals surface area contributed by atoms with Crippen molar-refractivity contribution in [2.45, 2.75) is 0 Å². The fourth-order valence-electron chi connectivity index (χ4n) is 1.23. The molecule has 0 heterocycles. The number of amides is 1. The maximum Gasteiger partial charge on any atom is 0.267 e. The Bertz CT molecular complexity index is 489. The van der Waals surface area contributed by atoms with Gasteiger partial charge in [-0.1, -0.05) is 0 Å². The number of carbonyl (C=O) groups excluding carboxylic acids is 1. The van der Waals surface area contributed by atoms with Crippen LogP contribution in [0.25, 0.3) is 0 Å². The molecule has 0 atom stereocenters. The van der Waals surface area contributed by atoms with Gasteiger partial charge >= 0.3 is 0 Å². The molecule has 0 saturated heterocycles. The van der Waals surface area contributed by atoms with E-state index in [0.29, 0.717) is 18.8 Å². The number of nitrogens with zero attached hydrogens (tertiary/aromatic N) is 1. The summed E-state index contributed by atoms with van der Waals surface area (Å²) in [6.07, 6.45) is 1.34. The molecule has 0 aliphatic rings. The van der Waals surface area contributed by atoms with Gasteiger partial charge in [-0.2, -0.15) is 5.26 Å². The molecule has 1 rings (SSSR count). The van der Waals surface area contributed by atoms with Crippen molar-refractivity contribution in [3.8, 4) is 11.8 Å². The van der Waals surface area contributed by atoms with Crippen LogP contribution >= 0.6 is 0 Å². The molecule has 19 heavy (non-hydrogen) atoms. The number of aromatic hydroxyl groups is 1. The van der Waals surface area contributed by atoms with Crippen LogP contribution < -0.4 is 10.6 Å². The normalized spacial score (nSPS) is 10.6. The number of methoxy groups -OCH3 is 1. The van der Waals surface area contributed by atoms with Crippen molar-refractivity contribution in [3.63, 3.8) is 0 Å². The second-order valence-electron chi connectivity index (χ2n) is 3.62. The first-order chi connectivity index (χ1) is 9.17. The van der Waals surface area contributed by atoms with E-state index < -0.39 is 5.91 Å². The van der Waals surface area contributed by atoms with Gasteiger partial charge in [-0.3, -0.25) is 4.79 Å². The van der Waals surface area contributed by atoms with Crippen molar-refractivity contribution in [1.29, 1.82) is 5.26 Å². The van der Waals surface area contributed by atoms with E-state index in [0.717, 1.165) is 0 Å². The van der Waals surface area contributed by atoms with Gasteiger partial charge in [-0.15, -0.1) is 0 Å². The molecule has 0 aliphatic carbocycles. The van der Waals surface area contributed by atoms with Crippen LogP contribution in [-0.4, -0.2) is 31.3 Å². The van der Waals surface area contributed by atoms with Gasteiger partial charge in [0.05, 0.1) is 6.61 Å². The number of benzene rings is 1. The van der Waals surface area contributed by atoms with Gasteiger partial charge in [0.15, 0.2) is 0 Å². The molecule has 1 aromatic carbocycles. The van der Waals surface area contributed by atoms with Crippen molar-refractivity contribution in [1.82, 2.24) is 5.32 Å². The first kappa shape index (κ1) is 14.5. The number of ether oxygens (including phenoxy) is 1. The average molecular weight is 261 g/mol. The summed E-state index contributed by atoms with van der Waals surface area (Å²) in [5, 5.41) is 23.4. The van der Waals surface area contributed by atoms with Gasteiger partial charge in [-0.25, -0.2) is 0 Å². The van der Waals surface area contributed by atoms with Crippen molar-refractivity contribution in [3.05, 3.63) is 36.0 Å². The lowest BCUT2D eigenvalue weighted by Crippen LogP contribution is -2.18. The largest absolute Gasteiger partial charge is 0.508 e. The quantitative estimate of drug-likeness (QED) is 0.307. The Balaban J connectivity index is 2.59. The van der Waals surface area contributed by atoms with Gasteiger partial charge < -0.3 is 20.5 Å². The molecule has 1 aromatic rings. The van der Waals surface area contributed by atoms with Gasteiger partial charge in [0, 0.05) is 25.5 Å². The van der Waals surface area contributed by atoms with E-state index in [-0.39, 0.29) is 11.3 Å². The zero-order valence-corrected chi connectivity index (χ0v) is 10.5. The fraction of sp³-hybridized carbons (Fsp3) is 0.231. The predicted molar refractivity (Wildman–Crippen MR) is 70.3 cm³/mol. The van der Waals surface area contributed by atoms with E-state index in [9.17, 15) is 4.79 Å². The smallest absolute Gasteiger partial charge is 0.267 e. The molecule has 6 heteroatoms. The third-order valence-electron chi connectivity index (χ3n) is 2.19. The monoisotopic (exact) mass is 261 g/mol. The molecule has 1 amide bonds. The van der Waals surface area contributed by atoms with E-state index in [1.165, 1.54) is 18.3 Å². The Hall–Kier alpha value is -2.52. The molecule has 0 spiro atoms. The minimum absolute atomic E-state index is 0.0378. The Morgan fingerprint density at radius 1 is 1.47 bits per heavy atom. The molecular weight excluding hydrogens is 246 g/mol. The lowest BCUT2D eigenvalue weighted by atomic mass is 10.2. The first-order valence-electron chi connectivity index (χ1n) is 5.60.